The molecule has 2 aromatic carbocycles. The maximum absolute atomic E-state index is 13.2. The lowest BCUT2D eigenvalue weighted by Crippen LogP contribution is -2.30. The van der Waals surface area contributed by atoms with Gasteiger partial charge in [0.15, 0.2) is 0 Å². The number of rotatable bonds is 3. The quantitative estimate of drug-likeness (QED) is 0.733. The average Bonchev–Trinajstić information content (AvgIpc) is 2.77. The molecule has 0 radical (unpaired) electrons. The van der Waals surface area contributed by atoms with E-state index >= 15 is 0 Å². The second kappa shape index (κ2) is 6.80. The van der Waals surface area contributed by atoms with E-state index in [2.05, 4.69) is 4.98 Å². The largest absolute Gasteiger partial charge is 0.303 e. The lowest BCUT2D eigenvalue weighted by Gasteiger charge is -2.23. The Morgan fingerprint density at radius 3 is 2.48 bits per heavy atom. The summed E-state index contributed by atoms with van der Waals surface area (Å²) in [5, 5.41) is 5.28. The van der Waals surface area contributed by atoms with Crippen LogP contribution in [-0.2, 0) is 16.6 Å². The van der Waals surface area contributed by atoms with Gasteiger partial charge in [0.2, 0.25) is 10.0 Å². The number of hydrogen-bond acceptors (Lipinski definition) is 5. The van der Waals surface area contributed by atoms with E-state index in [0.29, 0.717) is 22.7 Å². The molecule has 0 spiro atoms. The van der Waals surface area contributed by atoms with Crippen LogP contribution in [0, 0.1) is 0 Å². The van der Waals surface area contributed by atoms with Gasteiger partial charge in [-0.25, -0.2) is 13.6 Å². The Balaban J connectivity index is 1.89. The standard InChI is InChI=1S/C19H15N3O3S2/c20-27(24,25)14-5-6-16-18(11-14)26-17-4-2-1-3-15(17)19(23)22(16)12-13-7-9-21-10-8-13/h1-11H,12H2,(H2,20,24,25). The third-order valence-electron chi connectivity index (χ3n) is 4.22. The van der Waals surface area contributed by atoms with Crippen molar-refractivity contribution in [3.63, 3.8) is 0 Å². The van der Waals surface area contributed by atoms with E-state index in [0.717, 1.165) is 10.5 Å². The van der Waals surface area contributed by atoms with Gasteiger partial charge in [0.05, 0.1) is 22.7 Å². The molecule has 0 unspecified atom stereocenters. The number of carbonyl (C=O) groups excluding carboxylic acids is 1. The molecule has 0 aliphatic carbocycles. The molecule has 1 amide bonds. The molecular weight excluding hydrogens is 382 g/mol. The Labute approximate surface area is 161 Å². The predicted octanol–water partition coefficient (Wildman–Crippen LogP) is 3.04. The highest BCUT2D eigenvalue weighted by Gasteiger charge is 2.28. The Hall–Kier alpha value is -2.68. The maximum atomic E-state index is 13.2. The molecule has 0 bridgehead atoms. The summed E-state index contributed by atoms with van der Waals surface area (Å²) < 4.78 is 23.5. The van der Waals surface area contributed by atoms with Crippen molar-refractivity contribution in [1.82, 2.24) is 4.98 Å². The van der Waals surface area contributed by atoms with Crippen molar-refractivity contribution in [2.24, 2.45) is 5.14 Å². The number of pyridine rings is 1. The van der Waals surface area contributed by atoms with E-state index in [-0.39, 0.29) is 10.8 Å². The van der Waals surface area contributed by atoms with E-state index in [1.54, 1.807) is 29.4 Å². The van der Waals surface area contributed by atoms with Gasteiger partial charge in [-0.1, -0.05) is 23.9 Å². The number of sulfonamides is 1. The maximum Gasteiger partial charge on any atom is 0.259 e. The van der Waals surface area contributed by atoms with Crippen molar-refractivity contribution in [2.45, 2.75) is 21.2 Å². The molecular formula is C19H15N3O3S2. The third-order valence-corrected chi connectivity index (χ3v) is 6.26. The van der Waals surface area contributed by atoms with Crippen molar-refractivity contribution < 1.29 is 13.2 Å². The summed E-state index contributed by atoms with van der Waals surface area (Å²) in [6.07, 6.45) is 3.34. The Bertz CT molecular complexity index is 1130. The van der Waals surface area contributed by atoms with Crippen LogP contribution in [0.15, 0.2) is 81.7 Å². The average molecular weight is 397 g/mol. The second-order valence-electron chi connectivity index (χ2n) is 6.02. The lowest BCUT2D eigenvalue weighted by molar-refractivity contribution is 0.0982. The van der Waals surface area contributed by atoms with E-state index in [4.69, 9.17) is 5.14 Å². The van der Waals surface area contributed by atoms with Crippen LogP contribution in [-0.4, -0.2) is 19.3 Å². The smallest absolute Gasteiger partial charge is 0.259 e. The summed E-state index contributed by atoms with van der Waals surface area (Å²) in [4.78, 5) is 20.3. The summed E-state index contributed by atoms with van der Waals surface area (Å²) in [7, 11) is -3.84. The van der Waals surface area contributed by atoms with E-state index < -0.39 is 10.0 Å². The van der Waals surface area contributed by atoms with Gasteiger partial charge in [-0.2, -0.15) is 0 Å². The van der Waals surface area contributed by atoms with Crippen molar-refractivity contribution in [3.8, 4) is 0 Å². The number of nitrogens with zero attached hydrogens (tertiary/aromatic N) is 2. The van der Waals surface area contributed by atoms with Crippen molar-refractivity contribution >= 4 is 33.4 Å². The fourth-order valence-electron chi connectivity index (χ4n) is 2.91. The van der Waals surface area contributed by atoms with Crippen molar-refractivity contribution in [2.75, 3.05) is 4.90 Å². The van der Waals surface area contributed by atoms with Crippen molar-refractivity contribution in [1.29, 1.82) is 0 Å². The topological polar surface area (TPSA) is 93.4 Å². The number of amides is 1. The highest BCUT2D eigenvalue weighted by Crippen LogP contribution is 2.42. The minimum absolute atomic E-state index is 0.0180. The summed E-state index contributed by atoms with van der Waals surface area (Å²) in [6, 6.07) is 15.5. The van der Waals surface area contributed by atoms with Gasteiger partial charge >= 0.3 is 0 Å². The number of benzene rings is 2. The number of primary sulfonamides is 1. The first-order valence-corrected chi connectivity index (χ1v) is 10.4. The molecule has 6 nitrogen and oxygen atoms in total. The molecule has 2 heterocycles. The van der Waals surface area contributed by atoms with Gasteiger partial charge in [0, 0.05) is 22.2 Å². The van der Waals surface area contributed by atoms with Crippen LogP contribution in [0.2, 0.25) is 0 Å². The Morgan fingerprint density at radius 2 is 1.74 bits per heavy atom. The molecule has 0 saturated heterocycles. The van der Waals surface area contributed by atoms with Gasteiger partial charge in [0.25, 0.3) is 5.91 Å². The normalized spacial score (nSPS) is 13.7. The molecule has 1 aliphatic heterocycles. The van der Waals surface area contributed by atoms with Crippen LogP contribution in [0.25, 0.3) is 0 Å². The SMILES string of the molecule is NS(=O)(=O)c1ccc2c(c1)Sc1ccccc1C(=O)N2Cc1ccncc1. The first-order valence-electron chi connectivity index (χ1n) is 8.08. The first-order chi connectivity index (χ1) is 12.9. The second-order valence-corrected chi connectivity index (χ2v) is 8.66. The molecule has 2 N–H and O–H groups in total. The zero-order valence-electron chi connectivity index (χ0n) is 14.1. The van der Waals surface area contributed by atoms with Crippen LogP contribution in [0.4, 0.5) is 5.69 Å². The first kappa shape index (κ1) is 17.7. The summed E-state index contributed by atoms with van der Waals surface area (Å²) in [5.74, 6) is -0.142. The Morgan fingerprint density at radius 1 is 1.00 bits per heavy atom. The van der Waals surface area contributed by atoms with Gasteiger partial charge in [-0.3, -0.25) is 9.78 Å². The lowest BCUT2D eigenvalue weighted by atomic mass is 10.1. The molecule has 3 aromatic rings. The number of carbonyl (C=O) groups is 1. The van der Waals surface area contributed by atoms with Gasteiger partial charge in [0.1, 0.15) is 0 Å². The van der Waals surface area contributed by atoms with Gasteiger partial charge in [-0.05, 0) is 48.0 Å². The fourth-order valence-corrected chi connectivity index (χ4v) is 4.64. The number of hydrogen-bond donors (Lipinski definition) is 1. The van der Waals surface area contributed by atoms with Crippen LogP contribution in [0.3, 0.4) is 0 Å². The minimum atomic E-state index is -3.84. The number of fused-ring (bicyclic) bond motifs is 2. The molecule has 0 saturated carbocycles. The predicted molar refractivity (Wildman–Crippen MR) is 103 cm³/mol. The Kier molecular flexibility index (Phi) is 4.47. The number of aromatic nitrogens is 1. The van der Waals surface area contributed by atoms with Crippen LogP contribution < -0.4 is 10.0 Å². The number of anilines is 1. The highest BCUT2D eigenvalue weighted by molar-refractivity contribution is 7.99. The van der Waals surface area contributed by atoms with E-state index in [1.165, 1.54) is 23.9 Å². The zero-order valence-corrected chi connectivity index (χ0v) is 15.7. The van der Waals surface area contributed by atoms with Gasteiger partial charge in [-0.15, -0.1) is 0 Å². The van der Waals surface area contributed by atoms with E-state index in [9.17, 15) is 13.2 Å². The molecule has 136 valence electrons. The summed E-state index contributed by atoms with van der Waals surface area (Å²) >= 11 is 1.36. The molecule has 0 fully saturated rings. The van der Waals surface area contributed by atoms with Crippen LogP contribution >= 0.6 is 11.8 Å². The molecule has 8 heteroatoms. The number of nitrogens with two attached hydrogens (primary N) is 1. The van der Waals surface area contributed by atoms with Crippen LogP contribution in [0.1, 0.15) is 15.9 Å². The van der Waals surface area contributed by atoms with Gasteiger partial charge < -0.3 is 4.90 Å². The third kappa shape index (κ3) is 3.46. The minimum Gasteiger partial charge on any atom is -0.303 e. The molecule has 0 atom stereocenters. The molecule has 1 aliphatic rings. The van der Waals surface area contributed by atoms with Crippen molar-refractivity contribution in [3.05, 3.63) is 78.1 Å². The molecule has 27 heavy (non-hydrogen) atoms. The molecule has 1 aromatic heterocycles. The summed E-state index contributed by atoms with van der Waals surface area (Å²) in [5.41, 5.74) is 2.14. The molecule has 4 rings (SSSR count). The fraction of sp³-hybridized carbons (Fsp3) is 0.0526. The zero-order chi connectivity index (χ0) is 19.0. The highest BCUT2D eigenvalue weighted by atomic mass is 32.2. The summed E-state index contributed by atoms with van der Waals surface area (Å²) in [6.45, 7) is 0.345. The monoisotopic (exact) mass is 397 g/mol. The van der Waals surface area contributed by atoms with Crippen LogP contribution in [0.5, 0.6) is 0 Å². The van der Waals surface area contributed by atoms with E-state index in [1.807, 2.05) is 30.3 Å².